The summed E-state index contributed by atoms with van der Waals surface area (Å²) in [4.78, 5) is 4.30. The third-order valence-corrected chi connectivity index (χ3v) is 3.58. The Morgan fingerprint density at radius 2 is 2.00 bits per heavy atom. The molecule has 1 heterocycles. The largest absolute Gasteiger partial charge is 0.271 e. The summed E-state index contributed by atoms with van der Waals surface area (Å²) >= 11 is 0. The highest BCUT2D eigenvalue weighted by atomic mass is 19.1. The molecule has 1 aromatic carbocycles. The number of nitrogens with zero attached hydrogens (tertiary/aromatic N) is 1. The zero-order chi connectivity index (χ0) is 15.4. The normalized spacial score (nSPS) is 12.4. The Kier molecular flexibility index (Phi) is 4.98. The molecule has 5 heteroatoms. The van der Waals surface area contributed by atoms with Gasteiger partial charge in [-0.2, -0.15) is 0 Å². The third kappa shape index (κ3) is 3.43. The lowest BCUT2D eigenvalue weighted by molar-refractivity contribution is 0.467. The van der Waals surface area contributed by atoms with Gasteiger partial charge in [0.1, 0.15) is 11.6 Å². The maximum atomic E-state index is 14.2. The lowest BCUT2D eigenvalue weighted by Gasteiger charge is -2.18. The first-order chi connectivity index (χ1) is 10.1. The first-order valence-corrected chi connectivity index (χ1v) is 6.91. The number of pyridine rings is 1. The SMILES string of the molecule is CCc1ccc(CC(NN)c2c(F)ccc(C)c2F)nc1. The Bertz CT molecular complexity index is 612. The summed E-state index contributed by atoms with van der Waals surface area (Å²) in [5.41, 5.74) is 4.68. The molecular formula is C16H19F2N3. The summed E-state index contributed by atoms with van der Waals surface area (Å²) in [7, 11) is 0. The second-order valence-electron chi connectivity index (χ2n) is 5.03. The van der Waals surface area contributed by atoms with E-state index in [1.807, 2.05) is 19.1 Å². The number of nitrogens with one attached hydrogen (secondary N) is 1. The number of aromatic nitrogens is 1. The number of hydrogen-bond acceptors (Lipinski definition) is 3. The fraction of sp³-hybridized carbons (Fsp3) is 0.312. The summed E-state index contributed by atoms with van der Waals surface area (Å²) in [5.74, 6) is 4.31. The summed E-state index contributed by atoms with van der Waals surface area (Å²) in [6, 6.07) is 5.82. The summed E-state index contributed by atoms with van der Waals surface area (Å²) < 4.78 is 28.1. The van der Waals surface area contributed by atoms with Gasteiger partial charge in [-0.3, -0.25) is 16.3 Å². The van der Waals surface area contributed by atoms with Crippen LogP contribution in [0, 0.1) is 18.6 Å². The molecule has 0 saturated heterocycles. The minimum Gasteiger partial charge on any atom is -0.271 e. The van der Waals surface area contributed by atoms with Crippen LogP contribution in [0.1, 0.15) is 35.3 Å². The zero-order valence-electron chi connectivity index (χ0n) is 12.2. The predicted molar refractivity (Wildman–Crippen MR) is 78.5 cm³/mol. The number of aryl methyl sites for hydroxylation is 2. The molecule has 0 fully saturated rings. The Hall–Kier alpha value is -1.85. The molecule has 1 atom stereocenters. The Labute approximate surface area is 123 Å². The van der Waals surface area contributed by atoms with Crippen LogP contribution < -0.4 is 11.3 Å². The number of hydrazine groups is 1. The van der Waals surface area contributed by atoms with Crippen molar-refractivity contribution in [1.82, 2.24) is 10.4 Å². The molecule has 0 saturated carbocycles. The van der Waals surface area contributed by atoms with Gasteiger partial charge in [-0.05, 0) is 36.6 Å². The highest BCUT2D eigenvalue weighted by Gasteiger charge is 2.21. The third-order valence-electron chi connectivity index (χ3n) is 3.58. The van der Waals surface area contributed by atoms with Gasteiger partial charge < -0.3 is 0 Å². The minimum atomic E-state index is -0.662. The highest BCUT2D eigenvalue weighted by molar-refractivity contribution is 5.30. The number of rotatable bonds is 5. The van der Waals surface area contributed by atoms with Crippen LogP contribution in [0.4, 0.5) is 8.78 Å². The number of benzene rings is 1. The van der Waals surface area contributed by atoms with Crippen molar-refractivity contribution < 1.29 is 8.78 Å². The van der Waals surface area contributed by atoms with Crippen LogP contribution in [0.5, 0.6) is 0 Å². The molecule has 0 spiro atoms. The van der Waals surface area contributed by atoms with E-state index in [2.05, 4.69) is 10.4 Å². The number of halogens is 2. The molecule has 0 radical (unpaired) electrons. The second kappa shape index (κ2) is 6.74. The minimum absolute atomic E-state index is 0.0427. The Balaban J connectivity index is 2.29. The Morgan fingerprint density at radius 1 is 1.24 bits per heavy atom. The van der Waals surface area contributed by atoms with Crippen LogP contribution in [-0.2, 0) is 12.8 Å². The van der Waals surface area contributed by atoms with Crippen molar-refractivity contribution in [2.75, 3.05) is 0 Å². The highest BCUT2D eigenvalue weighted by Crippen LogP contribution is 2.25. The molecule has 3 N–H and O–H groups in total. The van der Waals surface area contributed by atoms with Crippen LogP contribution >= 0.6 is 0 Å². The van der Waals surface area contributed by atoms with E-state index in [1.165, 1.54) is 12.1 Å². The van der Waals surface area contributed by atoms with Gasteiger partial charge in [0.05, 0.1) is 6.04 Å². The maximum absolute atomic E-state index is 14.2. The van der Waals surface area contributed by atoms with Gasteiger partial charge >= 0.3 is 0 Å². The first-order valence-electron chi connectivity index (χ1n) is 6.91. The number of nitrogens with two attached hydrogens (primary N) is 1. The molecule has 3 nitrogen and oxygen atoms in total. The topological polar surface area (TPSA) is 50.9 Å². The van der Waals surface area contributed by atoms with Gasteiger partial charge in [0.2, 0.25) is 0 Å². The van der Waals surface area contributed by atoms with Gasteiger partial charge in [-0.15, -0.1) is 0 Å². The van der Waals surface area contributed by atoms with Crippen molar-refractivity contribution >= 4 is 0 Å². The van der Waals surface area contributed by atoms with Crippen LogP contribution in [0.2, 0.25) is 0 Å². The van der Waals surface area contributed by atoms with Crippen molar-refractivity contribution in [3.8, 4) is 0 Å². The van der Waals surface area contributed by atoms with Gasteiger partial charge in [-0.25, -0.2) is 8.78 Å². The van der Waals surface area contributed by atoms with E-state index >= 15 is 0 Å². The molecule has 21 heavy (non-hydrogen) atoms. The molecule has 1 aromatic heterocycles. The molecule has 0 aliphatic carbocycles. The fourth-order valence-corrected chi connectivity index (χ4v) is 2.24. The van der Waals surface area contributed by atoms with E-state index in [4.69, 9.17) is 5.84 Å². The average molecular weight is 291 g/mol. The van der Waals surface area contributed by atoms with Gasteiger partial charge in [0.15, 0.2) is 0 Å². The standard InChI is InChI=1S/C16H19F2N3/c1-3-11-5-6-12(20-9-11)8-14(21-19)15-13(17)7-4-10(2)16(15)18/h4-7,9,14,21H,3,8,19H2,1-2H3. The second-order valence-corrected chi connectivity index (χ2v) is 5.03. The van der Waals surface area contributed by atoms with Gasteiger partial charge in [0, 0.05) is 23.9 Å². The quantitative estimate of drug-likeness (QED) is 0.658. The fourth-order valence-electron chi connectivity index (χ4n) is 2.24. The van der Waals surface area contributed by atoms with E-state index in [9.17, 15) is 8.78 Å². The van der Waals surface area contributed by atoms with E-state index in [-0.39, 0.29) is 5.56 Å². The molecule has 0 aliphatic heterocycles. The van der Waals surface area contributed by atoms with Crippen LogP contribution in [-0.4, -0.2) is 4.98 Å². The first kappa shape index (κ1) is 15.5. The molecule has 112 valence electrons. The lowest BCUT2D eigenvalue weighted by Crippen LogP contribution is -2.31. The van der Waals surface area contributed by atoms with Gasteiger partial charge in [0.25, 0.3) is 0 Å². The molecule has 0 amide bonds. The van der Waals surface area contributed by atoms with Crippen molar-refractivity contribution in [2.45, 2.75) is 32.7 Å². The van der Waals surface area contributed by atoms with Crippen LogP contribution in [0.15, 0.2) is 30.5 Å². The summed E-state index contributed by atoms with van der Waals surface area (Å²) in [6.45, 7) is 3.64. The number of hydrogen-bond donors (Lipinski definition) is 2. The Morgan fingerprint density at radius 3 is 2.57 bits per heavy atom. The van der Waals surface area contributed by atoms with Crippen LogP contribution in [0.3, 0.4) is 0 Å². The molecule has 1 unspecified atom stereocenters. The zero-order valence-corrected chi connectivity index (χ0v) is 12.2. The van der Waals surface area contributed by atoms with E-state index in [0.717, 1.165) is 17.7 Å². The molecule has 0 aliphatic rings. The molecule has 0 bridgehead atoms. The van der Waals surface area contributed by atoms with Crippen molar-refractivity contribution in [1.29, 1.82) is 0 Å². The summed E-state index contributed by atoms with van der Waals surface area (Å²) in [5, 5.41) is 0. The van der Waals surface area contributed by atoms with Crippen molar-refractivity contribution in [3.05, 3.63) is 64.5 Å². The predicted octanol–water partition coefficient (Wildman–Crippen LogP) is 2.98. The van der Waals surface area contributed by atoms with E-state index in [1.54, 1.807) is 13.1 Å². The van der Waals surface area contributed by atoms with Crippen LogP contribution in [0.25, 0.3) is 0 Å². The van der Waals surface area contributed by atoms with Gasteiger partial charge in [-0.1, -0.05) is 19.1 Å². The van der Waals surface area contributed by atoms with E-state index in [0.29, 0.717) is 12.0 Å². The smallest absolute Gasteiger partial charge is 0.133 e. The average Bonchev–Trinajstić information content (AvgIpc) is 2.51. The molecular weight excluding hydrogens is 272 g/mol. The lowest BCUT2D eigenvalue weighted by atomic mass is 9.98. The monoisotopic (exact) mass is 291 g/mol. The maximum Gasteiger partial charge on any atom is 0.133 e. The summed E-state index contributed by atoms with van der Waals surface area (Å²) in [6.07, 6.45) is 2.98. The van der Waals surface area contributed by atoms with E-state index < -0.39 is 17.7 Å². The van der Waals surface area contributed by atoms with Crippen molar-refractivity contribution in [3.63, 3.8) is 0 Å². The van der Waals surface area contributed by atoms with Crippen molar-refractivity contribution in [2.24, 2.45) is 5.84 Å². The molecule has 2 aromatic rings. The molecule has 2 rings (SSSR count).